The largest absolute Gasteiger partial charge is 0.383 e. The van der Waals surface area contributed by atoms with E-state index in [1.165, 1.54) is 0 Å². The average molecular weight is 275 g/mol. The molecule has 2 heterocycles. The third-order valence-electron chi connectivity index (χ3n) is 3.42. The van der Waals surface area contributed by atoms with Crippen LogP contribution in [0.4, 0.5) is 5.82 Å². The van der Waals surface area contributed by atoms with E-state index in [0.717, 1.165) is 35.7 Å². The molecule has 20 heavy (non-hydrogen) atoms. The predicted molar refractivity (Wildman–Crippen MR) is 82.6 cm³/mol. The third kappa shape index (κ3) is 2.57. The van der Waals surface area contributed by atoms with Crippen LogP contribution < -0.4 is 5.73 Å². The van der Waals surface area contributed by atoms with Gasteiger partial charge in [0, 0.05) is 30.3 Å². The first-order valence-electron chi connectivity index (χ1n) is 7.36. The second-order valence-corrected chi connectivity index (χ2v) is 5.78. The van der Waals surface area contributed by atoms with E-state index in [1.807, 2.05) is 17.1 Å². The molecule has 0 saturated carbocycles. The van der Waals surface area contributed by atoms with E-state index in [1.54, 1.807) is 0 Å². The third-order valence-corrected chi connectivity index (χ3v) is 3.42. The van der Waals surface area contributed by atoms with Crippen molar-refractivity contribution in [3.05, 3.63) is 18.2 Å². The van der Waals surface area contributed by atoms with E-state index in [-0.39, 0.29) is 0 Å². The Bertz CT molecular complexity index is 577. The van der Waals surface area contributed by atoms with Gasteiger partial charge in [0.15, 0.2) is 0 Å². The summed E-state index contributed by atoms with van der Waals surface area (Å²) in [7, 11) is 0. The molecular formula is C15H25N5. The number of anilines is 1. The molecule has 2 rings (SSSR count). The maximum atomic E-state index is 6.32. The molecule has 0 aromatic carbocycles. The molecule has 2 N–H and O–H groups in total. The molecule has 110 valence electrons. The molecule has 0 fully saturated rings. The highest BCUT2D eigenvalue weighted by atomic mass is 15.3. The lowest BCUT2D eigenvalue weighted by molar-refractivity contribution is 0.532. The van der Waals surface area contributed by atoms with Gasteiger partial charge < -0.3 is 10.3 Å². The molecule has 0 atom stereocenters. The van der Waals surface area contributed by atoms with Gasteiger partial charge in [-0.05, 0) is 34.1 Å². The van der Waals surface area contributed by atoms with E-state index in [0.29, 0.717) is 12.1 Å². The van der Waals surface area contributed by atoms with Crippen molar-refractivity contribution >= 4 is 5.82 Å². The minimum Gasteiger partial charge on any atom is -0.383 e. The van der Waals surface area contributed by atoms with Gasteiger partial charge in [-0.3, -0.25) is 4.68 Å². The van der Waals surface area contributed by atoms with Gasteiger partial charge in [0.25, 0.3) is 0 Å². The van der Waals surface area contributed by atoms with Crippen LogP contribution in [-0.4, -0.2) is 19.3 Å². The Labute approximate surface area is 120 Å². The summed E-state index contributed by atoms with van der Waals surface area (Å²) in [6, 6.07) is 0.658. The van der Waals surface area contributed by atoms with Crippen LogP contribution >= 0.6 is 0 Å². The summed E-state index contributed by atoms with van der Waals surface area (Å²) in [6.45, 7) is 10.6. The zero-order valence-corrected chi connectivity index (χ0v) is 13.1. The molecule has 0 unspecified atom stereocenters. The molecule has 5 heteroatoms. The molecule has 2 aromatic rings. The van der Waals surface area contributed by atoms with Crippen molar-refractivity contribution in [2.24, 2.45) is 0 Å². The fourth-order valence-electron chi connectivity index (χ4n) is 2.42. The number of imidazole rings is 1. The van der Waals surface area contributed by atoms with Crippen LogP contribution in [-0.2, 0) is 6.42 Å². The van der Waals surface area contributed by atoms with Crippen molar-refractivity contribution in [1.82, 2.24) is 19.3 Å². The number of nitrogens with zero attached hydrogens (tertiary/aromatic N) is 4. The first kappa shape index (κ1) is 14.6. The lowest BCUT2D eigenvalue weighted by Gasteiger charge is -2.13. The Morgan fingerprint density at radius 2 is 1.90 bits per heavy atom. The predicted octanol–water partition coefficient (Wildman–Crippen LogP) is 3.44. The summed E-state index contributed by atoms with van der Waals surface area (Å²) in [6.07, 6.45) is 5.87. The van der Waals surface area contributed by atoms with Gasteiger partial charge in [0.2, 0.25) is 0 Å². The van der Waals surface area contributed by atoms with Gasteiger partial charge in [0.1, 0.15) is 17.3 Å². The Morgan fingerprint density at radius 1 is 1.20 bits per heavy atom. The molecule has 0 aliphatic carbocycles. The van der Waals surface area contributed by atoms with Crippen LogP contribution in [0.2, 0.25) is 0 Å². The quantitative estimate of drug-likeness (QED) is 0.909. The Balaban J connectivity index is 2.48. The fraction of sp³-hybridized carbons (Fsp3) is 0.600. The second-order valence-electron chi connectivity index (χ2n) is 5.78. The van der Waals surface area contributed by atoms with Gasteiger partial charge >= 0.3 is 0 Å². The molecule has 0 bridgehead atoms. The lowest BCUT2D eigenvalue weighted by Crippen LogP contribution is -2.09. The highest BCUT2D eigenvalue weighted by Crippen LogP contribution is 2.29. The first-order chi connectivity index (χ1) is 9.45. The summed E-state index contributed by atoms with van der Waals surface area (Å²) in [4.78, 5) is 4.75. The van der Waals surface area contributed by atoms with Crippen molar-refractivity contribution in [3.63, 3.8) is 0 Å². The molecular weight excluding hydrogens is 250 g/mol. The minimum absolute atomic E-state index is 0.318. The number of nitrogen functional groups attached to an aromatic ring is 1. The highest BCUT2D eigenvalue weighted by Gasteiger charge is 2.18. The molecule has 2 aromatic heterocycles. The van der Waals surface area contributed by atoms with Crippen molar-refractivity contribution in [1.29, 1.82) is 0 Å². The SMILES string of the molecule is CCCc1nc(-c2cnn(C(C)C)c2)c(N)n1C(C)C. The van der Waals surface area contributed by atoms with Crippen LogP contribution in [0, 0.1) is 0 Å². The molecule has 0 spiro atoms. The Hall–Kier alpha value is -1.78. The number of nitrogens with two attached hydrogens (primary N) is 1. The lowest BCUT2D eigenvalue weighted by atomic mass is 10.2. The standard InChI is InChI=1S/C15H25N5/c1-6-7-13-18-14(15(16)20(13)11(4)5)12-8-17-19(9-12)10(2)3/h8-11H,6-7,16H2,1-5H3. The van der Waals surface area contributed by atoms with Crippen LogP contribution in [0.15, 0.2) is 12.4 Å². The van der Waals surface area contributed by atoms with E-state index in [2.05, 4.69) is 44.3 Å². The van der Waals surface area contributed by atoms with Gasteiger partial charge in [-0.2, -0.15) is 5.10 Å². The monoisotopic (exact) mass is 275 g/mol. The van der Waals surface area contributed by atoms with E-state index in [4.69, 9.17) is 10.7 Å². The average Bonchev–Trinajstić information content (AvgIpc) is 2.94. The van der Waals surface area contributed by atoms with Gasteiger partial charge in [-0.25, -0.2) is 4.98 Å². The summed E-state index contributed by atoms with van der Waals surface area (Å²) < 4.78 is 4.06. The topological polar surface area (TPSA) is 61.7 Å². The van der Waals surface area contributed by atoms with Gasteiger partial charge in [-0.15, -0.1) is 0 Å². The van der Waals surface area contributed by atoms with E-state index in [9.17, 15) is 0 Å². The smallest absolute Gasteiger partial charge is 0.132 e. The fourth-order valence-corrected chi connectivity index (χ4v) is 2.42. The second kappa shape index (κ2) is 5.69. The maximum Gasteiger partial charge on any atom is 0.132 e. The Kier molecular flexibility index (Phi) is 4.16. The van der Waals surface area contributed by atoms with Gasteiger partial charge in [-0.1, -0.05) is 6.92 Å². The van der Waals surface area contributed by atoms with Crippen LogP contribution in [0.3, 0.4) is 0 Å². The number of hydrogen-bond donors (Lipinski definition) is 1. The zero-order chi connectivity index (χ0) is 14.9. The summed E-state index contributed by atoms with van der Waals surface area (Å²) in [5, 5.41) is 4.37. The van der Waals surface area contributed by atoms with Crippen molar-refractivity contribution < 1.29 is 0 Å². The Morgan fingerprint density at radius 3 is 2.40 bits per heavy atom. The zero-order valence-electron chi connectivity index (χ0n) is 13.1. The molecule has 0 saturated heterocycles. The minimum atomic E-state index is 0.318. The van der Waals surface area contributed by atoms with Crippen molar-refractivity contribution in [2.45, 2.75) is 59.5 Å². The summed E-state index contributed by atoms with van der Waals surface area (Å²) >= 11 is 0. The van der Waals surface area contributed by atoms with Gasteiger partial charge in [0.05, 0.1) is 6.20 Å². The normalized spacial score (nSPS) is 11.8. The van der Waals surface area contributed by atoms with Crippen LogP contribution in [0.25, 0.3) is 11.3 Å². The summed E-state index contributed by atoms with van der Waals surface area (Å²) in [5.74, 6) is 1.80. The number of aromatic nitrogens is 4. The van der Waals surface area contributed by atoms with E-state index < -0.39 is 0 Å². The summed E-state index contributed by atoms with van der Waals surface area (Å²) in [5.41, 5.74) is 8.17. The highest BCUT2D eigenvalue weighted by molar-refractivity contribution is 5.70. The molecule has 0 aliphatic heterocycles. The number of aryl methyl sites for hydroxylation is 1. The van der Waals surface area contributed by atoms with Crippen molar-refractivity contribution in [3.8, 4) is 11.3 Å². The van der Waals surface area contributed by atoms with Crippen LogP contribution in [0.5, 0.6) is 0 Å². The van der Waals surface area contributed by atoms with E-state index >= 15 is 0 Å². The molecule has 0 radical (unpaired) electrons. The molecule has 0 aliphatic rings. The first-order valence-corrected chi connectivity index (χ1v) is 7.36. The van der Waals surface area contributed by atoms with Crippen molar-refractivity contribution in [2.75, 3.05) is 5.73 Å². The number of rotatable bonds is 5. The van der Waals surface area contributed by atoms with Crippen LogP contribution in [0.1, 0.15) is 58.9 Å². The molecule has 0 amide bonds. The molecule has 5 nitrogen and oxygen atoms in total. The number of hydrogen-bond acceptors (Lipinski definition) is 3. The maximum absolute atomic E-state index is 6.32.